The van der Waals surface area contributed by atoms with Gasteiger partial charge in [-0.2, -0.15) is 0 Å². The molecule has 0 saturated carbocycles. The third-order valence-corrected chi connectivity index (χ3v) is 4.74. The molecule has 1 heterocycles. The second-order valence-corrected chi connectivity index (χ2v) is 7.27. The van der Waals surface area contributed by atoms with Crippen molar-refractivity contribution in [2.75, 3.05) is 60.0 Å². The molecule has 0 unspecified atom stereocenters. The Bertz CT molecular complexity index is 655. The molecular formula is C18H28Cl2IN5O2. The number of amides is 1. The Hall–Kier alpha value is -0.810. The Morgan fingerprint density at radius 2 is 1.96 bits per heavy atom. The first kappa shape index (κ1) is 25.2. The highest BCUT2D eigenvalue weighted by Gasteiger charge is 2.11. The fourth-order valence-electron chi connectivity index (χ4n) is 2.46. The lowest BCUT2D eigenvalue weighted by Gasteiger charge is -2.26. The van der Waals surface area contributed by atoms with Crippen molar-refractivity contribution in [2.45, 2.75) is 6.54 Å². The van der Waals surface area contributed by atoms with Crippen molar-refractivity contribution in [2.24, 2.45) is 4.99 Å². The lowest BCUT2D eigenvalue weighted by Crippen LogP contribution is -2.46. The molecule has 1 fully saturated rings. The molecule has 10 heteroatoms. The predicted molar refractivity (Wildman–Crippen MR) is 125 cm³/mol. The van der Waals surface area contributed by atoms with Crippen molar-refractivity contribution >= 4 is 59.0 Å². The molecule has 1 aromatic carbocycles. The van der Waals surface area contributed by atoms with Gasteiger partial charge < -0.3 is 20.3 Å². The molecule has 1 aromatic rings. The van der Waals surface area contributed by atoms with Gasteiger partial charge in [0, 0.05) is 50.3 Å². The summed E-state index contributed by atoms with van der Waals surface area (Å²) in [6.07, 6.45) is 0. The van der Waals surface area contributed by atoms with Gasteiger partial charge in [-0.1, -0.05) is 29.3 Å². The summed E-state index contributed by atoms with van der Waals surface area (Å²) in [4.78, 5) is 20.3. The lowest BCUT2D eigenvalue weighted by molar-refractivity contribution is -0.127. The van der Waals surface area contributed by atoms with Crippen LogP contribution in [0.15, 0.2) is 23.2 Å². The maximum Gasteiger partial charge on any atom is 0.241 e. The van der Waals surface area contributed by atoms with E-state index in [2.05, 4.69) is 20.5 Å². The van der Waals surface area contributed by atoms with Crippen molar-refractivity contribution < 1.29 is 9.53 Å². The Balaban J connectivity index is 0.00000392. The van der Waals surface area contributed by atoms with Crippen molar-refractivity contribution in [1.29, 1.82) is 0 Å². The molecule has 28 heavy (non-hydrogen) atoms. The number of halogens is 3. The molecule has 2 rings (SSSR count). The number of aliphatic imine (C=N–C) groups is 1. The first-order valence-electron chi connectivity index (χ1n) is 8.92. The standard InChI is InChI=1S/C18H27Cl2N5O2.HI/c1-24(2)17(26)13-23-18(21-5-6-25-7-9-27-10-8-25)22-12-14-3-4-15(19)11-16(14)20;/h3-4,11H,5-10,12-13H2,1-2H3,(H2,21,22,23);1H. The van der Waals surface area contributed by atoms with Crippen molar-refractivity contribution in [3.63, 3.8) is 0 Å². The van der Waals surface area contributed by atoms with Gasteiger partial charge in [-0.3, -0.25) is 9.69 Å². The number of carbonyl (C=O) groups is 1. The Morgan fingerprint density at radius 3 is 2.61 bits per heavy atom. The van der Waals surface area contributed by atoms with Gasteiger partial charge in [-0.05, 0) is 17.7 Å². The van der Waals surface area contributed by atoms with E-state index in [-0.39, 0.29) is 36.4 Å². The molecular weight excluding hydrogens is 516 g/mol. The minimum Gasteiger partial charge on any atom is -0.379 e. The summed E-state index contributed by atoms with van der Waals surface area (Å²) in [5, 5.41) is 7.52. The molecule has 0 bridgehead atoms. The quantitative estimate of drug-likeness (QED) is 0.313. The van der Waals surface area contributed by atoms with Gasteiger partial charge in [0.05, 0.1) is 26.3 Å². The SMILES string of the molecule is CN(C)C(=O)CNC(=NCc1ccc(Cl)cc1Cl)NCCN1CCOCC1.I. The van der Waals surface area contributed by atoms with E-state index >= 15 is 0 Å². The predicted octanol–water partition coefficient (Wildman–Crippen LogP) is 2.07. The highest BCUT2D eigenvalue weighted by Crippen LogP contribution is 2.21. The van der Waals surface area contributed by atoms with Gasteiger partial charge in [0.2, 0.25) is 5.91 Å². The van der Waals surface area contributed by atoms with Gasteiger partial charge in [0.1, 0.15) is 0 Å². The maximum absolute atomic E-state index is 11.9. The molecule has 0 aromatic heterocycles. The largest absolute Gasteiger partial charge is 0.379 e. The third kappa shape index (κ3) is 9.13. The number of hydrogen-bond donors (Lipinski definition) is 2. The van der Waals surface area contributed by atoms with E-state index in [4.69, 9.17) is 27.9 Å². The third-order valence-electron chi connectivity index (χ3n) is 4.15. The normalized spacial score (nSPS) is 14.9. The van der Waals surface area contributed by atoms with Gasteiger partial charge in [-0.15, -0.1) is 24.0 Å². The van der Waals surface area contributed by atoms with Crippen LogP contribution in [0.2, 0.25) is 10.0 Å². The average molecular weight is 544 g/mol. The van der Waals surface area contributed by atoms with Gasteiger partial charge in [0.25, 0.3) is 0 Å². The van der Waals surface area contributed by atoms with E-state index in [1.165, 1.54) is 4.90 Å². The van der Waals surface area contributed by atoms with Crippen molar-refractivity contribution in [1.82, 2.24) is 20.4 Å². The van der Waals surface area contributed by atoms with Crippen LogP contribution in [-0.4, -0.2) is 81.7 Å². The van der Waals surface area contributed by atoms with Crippen LogP contribution in [0.5, 0.6) is 0 Å². The van der Waals surface area contributed by atoms with Crippen LogP contribution in [0.25, 0.3) is 0 Å². The highest BCUT2D eigenvalue weighted by molar-refractivity contribution is 14.0. The number of carbonyl (C=O) groups excluding carboxylic acids is 1. The van der Waals surface area contributed by atoms with Crippen molar-refractivity contribution in [3.8, 4) is 0 Å². The summed E-state index contributed by atoms with van der Waals surface area (Å²) in [7, 11) is 3.44. The zero-order valence-electron chi connectivity index (χ0n) is 16.2. The molecule has 2 N–H and O–H groups in total. The molecule has 1 aliphatic heterocycles. The number of likely N-dealkylation sites (N-methyl/N-ethyl adjacent to an activating group) is 1. The van der Waals surface area contributed by atoms with E-state index in [1.807, 2.05) is 6.07 Å². The molecule has 0 aliphatic carbocycles. The lowest BCUT2D eigenvalue weighted by atomic mass is 10.2. The maximum atomic E-state index is 11.9. The summed E-state index contributed by atoms with van der Waals surface area (Å²) in [6, 6.07) is 5.33. The minimum atomic E-state index is -0.0257. The zero-order chi connectivity index (χ0) is 19.6. The van der Waals surface area contributed by atoms with E-state index in [9.17, 15) is 4.79 Å². The topological polar surface area (TPSA) is 69.2 Å². The second-order valence-electron chi connectivity index (χ2n) is 6.42. The van der Waals surface area contributed by atoms with E-state index in [0.717, 1.165) is 45.0 Å². The monoisotopic (exact) mass is 543 g/mol. The molecule has 7 nitrogen and oxygen atoms in total. The average Bonchev–Trinajstić information content (AvgIpc) is 2.65. The van der Waals surface area contributed by atoms with E-state index < -0.39 is 0 Å². The number of guanidine groups is 1. The number of ether oxygens (including phenoxy) is 1. The first-order chi connectivity index (χ1) is 13.0. The van der Waals surface area contributed by atoms with Crippen LogP contribution < -0.4 is 10.6 Å². The van der Waals surface area contributed by atoms with Gasteiger partial charge >= 0.3 is 0 Å². The summed E-state index contributed by atoms with van der Waals surface area (Å²) < 4.78 is 5.36. The summed E-state index contributed by atoms with van der Waals surface area (Å²) in [5.41, 5.74) is 0.870. The molecule has 1 amide bonds. The van der Waals surface area contributed by atoms with Gasteiger partial charge in [-0.25, -0.2) is 4.99 Å². The number of nitrogens with zero attached hydrogens (tertiary/aromatic N) is 3. The Kier molecular flexibility index (Phi) is 12.1. The Morgan fingerprint density at radius 1 is 1.25 bits per heavy atom. The fourth-order valence-corrected chi connectivity index (χ4v) is 2.93. The van der Waals surface area contributed by atoms with Crippen LogP contribution in [0.1, 0.15) is 5.56 Å². The second kappa shape index (κ2) is 13.4. The van der Waals surface area contributed by atoms with E-state index in [1.54, 1.807) is 26.2 Å². The molecule has 158 valence electrons. The van der Waals surface area contributed by atoms with E-state index in [0.29, 0.717) is 22.5 Å². The van der Waals surface area contributed by atoms with Crippen LogP contribution >= 0.6 is 47.2 Å². The molecule has 0 radical (unpaired) electrons. The van der Waals surface area contributed by atoms with Crippen LogP contribution in [0.4, 0.5) is 0 Å². The summed E-state index contributed by atoms with van der Waals surface area (Å²) in [5.74, 6) is 0.548. The highest BCUT2D eigenvalue weighted by atomic mass is 127. The fraction of sp³-hybridized carbons (Fsp3) is 0.556. The first-order valence-corrected chi connectivity index (χ1v) is 9.67. The van der Waals surface area contributed by atoms with Crippen LogP contribution in [0.3, 0.4) is 0 Å². The number of morpholine rings is 1. The minimum absolute atomic E-state index is 0. The van der Waals surface area contributed by atoms with Crippen molar-refractivity contribution in [3.05, 3.63) is 33.8 Å². The van der Waals surface area contributed by atoms with Crippen LogP contribution in [-0.2, 0) is 16.1 Å². The number of nitrogens with one attached hydrogen (secondary N) is 2. The number of hydrogen-bond acceptors (Lipinski definition) is 4. The number of rotatable bonds is 7. The molecule has 1 aliphatic rings. The summed E-state index contributed by atoms with van der Waals surface area (Å²) in [6.45, 7) is 5.56. The smallest absolute Gasteiger partial charge is 0.241 e. The van der Waals surface area contributed by atoms with Crippen LogP contribution in [0, 0.1) is 0 Å². The molecule has 0 spiro atoms. The molecule has 1 saturated heterocycles. The molecule has 0 atom stereocenters. The Labute approximate surface area is 193 Å². The zero-order valence-corrected chi connectivity index (χ0v) is 20.1. The summed E-state index contributed by atoms with van der Waals surface area (Å²) >= 11 is 12.1. The van der Waals surface area contributed by atoms with Gasteiger partial charge in [0.15, 0.2) is 5.96 Å². The number of benzene rings is 1.